The van der Waals surface area contributed by atoms with Crippen LogP contribution in [0.15, 0.2) is 12.1 Å². The third kappa shape index (κ3) is 2.27. The number of halogens is 2. The lowest BCUT2D eigenvalue weighted by Crippen LogP contribution is -2.01. The molecule has 0 aromatic heterocycles. The molecular formula is C9H11Cl2NO. The van der Waals surface area contributed by atoms with E-state index in [1.807, 2.05) is 6.92 Å². The van der Waals surface area contributed by atoms with Crippen molar-refractivity contribution in [3.8, 4) is 0 Å². The normalized spacial score (nSPS) is 12.9. The van der Waals surface area contributed by atoms with Crippen molar-refractivity contribution >= 4 is 28.9 Å². The minimum Gasteiger partial charge on any atom is -0.398 e. The van der Waals surface area contributed by atoms with E-state index in [4.69, 9.17) is 28.9 Å². The first kappa shape index (κ1) is 10.6. The average molecular weight is 220 g/mol. The minimum atomic E-state index is -0.574. The fourth-order valence-electron chi connectivity index (χ4n) is 1.09. The first-order chi connectivity index (χ1) is 6.06. The Balaban J connectivity index is 3.15. The predicted octanol–water partition coefficient (Wildman–Crippen LogP) is 3.02. The van der Waals surface area contributed by atoms with E-state index in [0.29, 0.717) is 27.7 Å². The molecule has 1 unspecified atom stereocenters. The van der Waals surface area contributed by atoms with E-state index in [9.17, 15) is 5.11 Å². The molecule has 0 aliphatic carbocycles. The molecule has 0 saturated heterocycles. The van der Waals surface area contributed by atoms with Gasteiger partial charge in [0.2, 0.25) is 0 Å². The smallest absolute Gasteiger partial charge is 0.0807 e. The lowest BCUT2D eigenvalue weighted by molar-refractivity contribution is 0.174. The van der Waals surface area contributed by atoms with Crippen LogP contribution >= 0.6 is 23.2 Å². The van der Waals surface area contributed by atoms with Crippen molar-refractivity contribution in [3.63, 3.8) is 0 Å². The van der Waals surface area contributed by atoms with Gasteiger partial charge in [-0.1, -0.05) is 30.1 Å². The van der Waals surface area contributed by atoms with Crippen LogP contribution < -0.4 is 5.73 Å². The summed E-state index contributed by atoms with van der Waals surface area (Å²) < 4.78 is 0. The molecule has 0 fully saturated rings. The Morgan fingerprint density at radius 3 is 2.46 bits per heavy atom. The van der Waals surface area contributed by atoms with Crippen molar-refractivity contribution in [1.29, 1.82) is 0 Å². The van der Waals surface area contributed by atoms with Gasteiger partial charge in [0.1, 0.15) is 0 Å². The van der Waals surface area contributed by atoms with Gasteiger partial charge in [-0.05, 0) is 18.6 Å². The van der Waals surface area contributed by atoms with Crippen LogP contribution in [0, 0.1) is 0 Å². The average Bonchev–Trinajstić information content (AvgIpc) is 2.10. The topological polar surface area (TPSA) is 46.2 Å². The Morgan fingerprint density at radius 2 is 1.92 bits per heavy atom. The summed E-state index contributed by atoms with van der Waals surface area (Å²) in [5.41, 5.74) is 6.78. The fourth-order valence-corrected chi connectivity index (χ4v) is 1.43. The van der Waals surface area contributed by atoms with Crippen LogP contribution in [0.3, 0.4) is 0 Å². The molecule has 2 nitrogen and oxygen atoms in total. The molecule has 1 aromatic carbocycles. The van der Waals surface area contributed by atoms with Crippen LogP contribution in [0.1, 0.15) is 25.0 Å². The van der Waals surface area contributed by atoms with Crippen LogP contribution in [-0.4, -0.2) is 5.11 Å². The molecule has 13 heavy (non-hydrogen) atoms. The summed E-state index contributed by atoms with van der Waals surface area (Å²) in [7, 11) is 0. The maximum Gasteiger partial charge on any atom is 0.0807 e. The number of aliphatic hydroxyl groups is 1. The maximum absolute atomic E-state index is 9.54. The molecule has 0 amide bonds. The third-order valence-electron chi connectivity index (χ3n) is 1.87. The van der Waals surface area contributed by atoms with Crippen molar-refractivity contribution in [2.75, 3.05) is 5.73 Å². The molecule has 0 aliphatic heterocycles. The quantitative estimate of drug-likeness (QED) is 0.752. The summed E-state index contributed by atoms with van der Waals surface area (Å²) in [5, 5.41) is 10.4. The first-order valence-electron chi connectivity index (χ1n) is 3.98. The highest BCUT2D eigenvalue weighted by Crippen LogP contribution is 2.31. The minimum absolute atomic E-state index is 0.409. The second-order valence-corrected chi connectivity index (χ2v) is 3.63. The number of nitrogen functional groups attached to an aromatic ring is 1. The van der Waals surface area contributed by atoms with Gasteiger partial charge in [0.25, 0.3) is 0 Å². The number of nitrogens with two attached hydrogens (primary N) is 1. The van der Waals surface area contributed by atoms with Gasteiger partial charge in [-0.3, -0.25) is 0 Å². The molecule has 0 spiro atoms. The molecule has 4 heteroatoms. The number of hydrogen-bond acceptors (Lipinski definition) is 2. The fraction of sp³-hybridized carbons (Fsp3) is 0.333. The zero-order valence-electron chi connectivity index (χ0n) is 7.22. The lowest BCUT2D eigenvalue weighted by Gasteiger charge is -2.12. The predicted molar refractivity (Wildman–Crippen MR) is 56.1 cm³/mol. The van der Waals surface area contributed by atoms with Crippen LogP contribution in [0.5, 0.6) is 0 Å². The first-order valence-corrected chi connectivity index (χ1v) is 4.74. The van der Waals surface area contributed by atoms with Gasteiger partial charge in [-0.15, -0.1) is 0 Å². The molecule has 1 rings (SSSR count). The highest BCUT2D eigenvalue weighted by Gasteiger charge is 2.11. The van der Waals surface area contributed by atoms with E-state index in [1.165, 1.54) is 0 Å². The highest BCUT2D eigenvalue weighted by molar-refractivity contribution is 6.42. The van der Waals surface area contributed by atoms with Crippen LogP contribution in [0.25, 0.3) is 0 Å². The summed E-state index contributed by atoms with van der Waals surface area (Å²) in [4.78, 5) is 0. The maximum atomic E-state index is 9.54. The van der Waals surface area contributed by atoms with Crippen LogP contribution in [0.2, 0.25) is 10.0 Å². The van der Waals surface area contributed by atoms with Gasteiger partial charge in [-0.2, -0.15) is 0 Å². The monoisotopic (exact) mass is 219 g/mol. The van der Waals surface area contributed by atoms with Crippen molar-refractivity contribution in [2.45, 2.75) is 19.4 Å². The standard InChI is InChI=1S/C9H11Cl2NO/c1-2-9(13)5-3-6(10)7(11)4-8(5)12/h3-4,9,13H,2,12H2,1H3. The lowest BCUT2D eigenvalue weighted by atomic mass is 10.1. The van der Waals surface area contributed by atoms with Crippen molar-refractivity contribution in [2.24, 2.45) is 0 Å². The summed E-state index contributed by atoms with van der Waals surface area (Å²) in [5.74, 6) is 0. The number of aliphatic hydroxyl groups excluding tert-OH is 1. The Kier molecular flexibility index (Phi) is 3.42. The molecule has 0 aliphatic rings. The van der Waals surface area contributed by atoms with Gasteiger partial charge < -0.3 is 10.8 Å². The van der Waals surface area contributed by atoms with E-state index < -0.39 is 6.10 Å². The van der Waals surface area contributed by atoms with E-state index in [-0.39, 0.29) is 0 Å². The summed E-state index contributed by atoms with van der Waals surface area (Å²) >= 11 is 11.5. The van der Waals surface area contributed by atoms with E-state index in [0.717, 1.165) is 0 Å². The zero-order chi connectivity index (χ0) is 10.0. The molecule has 0 saturated carbocycles. The number of rotatable bonds is 2. The van der Waals surface area contributed by atoms with Crippen LogP contribution in [-0.2, 0) is 0 Å². The highest BCUT2D eigenvalue weighted by atomic mass is 35.5. The van der Waals surface area contributed by atoms with Gasteiger partial charge in [-0.25, -0.2) is 0 Å². The zero-order valence-corrected chi connectivity index (χ0v) is 8.73. The Hall–Kier alpha value is -0.440. The molecule has 1 atom stereocenters. The molecule has 0 radical (unpaired) electrons. The van der Waals surface area contributed by atoms with E-state index in [2.05, 4.69) is 0 Å². The van der Waals surface area contributed by atoms with Crippen molar-refractivity contribution in [1.82, 2.24) is 0 Å². The Morgan fingerprint density at radius 1 is 1.38 bits per heavy atom. The number of anilines is 1. The third-order valence-corrected chi connectivity index (χ3v) is 2.59. The van der Waals surface area contributed by atoms with Crippen molar-refractivity contribution in [3.05, 3.63) is 27.7 Å². The van der Waals surface area contributed by atoms with Gasteiger partial charge in [0, 0.05) is 11.3 Å². The number of hydrogen-bond donors (Lipinski definition) is 2. The summed E-state index contributed by atoms with van der Waals surface area (Å²) in [6.07, 6.45) is 0.0251. The largest absolute Gasteiger partial charge is 0.398 e. The second-order valence-electron chi connectivity index (χ2n) is 2.82. The molecule has 0 bridgehead atoms. The van der Waals surface area contributed by atoms with Gasteiger partial charge in [0.05, 0.1) is 16.1 Å². The molecular weight excluding hydrogens is 209 g/mol. The van der Waals surface area contributed by atoms with Gasteiger partial charge >= 0.3 is 0 Å². The SMILES string of the molecule is CCC(O)c1cc(Cl)c(Cl)cc1N. The number of benzene rings is 1. The molecule has 3 N–H and O–H groups in total. The van der Waals surface area contributed by atoms with E-state index in [1.54, 1.807) is 12.1 Å². The van der Waals surface area contributed by atoms with Crippen molar-refractivity contribution < 1.29 is 5.11 Å². The molecule has 1 aromatic rings. The molecule has 72 valence electrons. The molecule has 0 heterocycles. The summed E-state index contributed by atoms with van der Waals surface area (Å²) in [6.45, 7) is 1.87. The van der Waals surface area contributed by atoms with Crippen LogP contribution in [0.4, 0.5) is 5.69 Å². The Labute approximate surface area is 87.3 Å². The second kappa shape index (κ2) is 4.18. The summed E-state index contributed by atoms with van der Waals surface area (Å²) in [6, 6.07) is 3.16. The van der Waals surface area contributed by atoms with Gasteiger partial charge in [0.15, 0.2) is 0 Å². The van der Waals surface area contributed by atoms with E-state index >= 15 is 0 Å². The Bertz CT molecular complexity index is 315.